The van der Waals surface area contributed by atoms with Crippen LogP contribution in [-0.2, 0) is 4.79 Å². The maximum atomic E-state index is 12.7. The number of carbonyl (C=O) groups excluding carboxylic acids is 1. The van der Waals surface area contributed by atoms with Gasteiger partial charge in [-0.2, -0.15) is 0 Å². The Hall–Kier alpha value is -2.49. The van der Waals surface area contributed by atoms with Gasteiger partial charge in [0.15, 0.2) is 6.10 Å². The van der Waals surface area contributed by atoms with Gasteiger partial charge in [0.1, 0.15) is 11.5 Å². The van der Waals surface area contributed by atoms with Crippen LogP contribution in [0.5, 0.6) is 11.5 Å². The molecule has 1 amide bonds. The molecule has 2 aromatic rings. The standard InChI is InChI=1S/C21H27NO3/c1-5-19(16-9-7-15(3)8-10-16)22-21(23)20(6-2)25-18-13-11-17(24-4)12-14-18/h7-14,19-20H,5-6H2,1-4H3,(H,22,23). The van der Waals surface area contributed by atoms with Gasteiger partial charge in [0.05, 0.1) is 13.2 Å². The van der Waals surface area contributed by atoms with Crippen molar-refractivity contribution in [2.24, 2.45) is 0 Å². The molecule has 0 saturated carbocycles. The number of benzene rings is 2. The summed E-state index contributed by atoms with van der Waals surface area (Å²) in [6, 6.07) is 15.5. The van der Waals surface area contributed by atoms with Crippen molar-refractivity contribution in [2.75, 3.05) is 7.11 Å². The highest BCUT2D eigenvalue weighted by Crippen LogP contribution is 2.21. The molecule has 0 saturated heterocycles. The summed E-state index contributed by atoms with van der Waals surface area (Å²) < 4.78 is 11.0. The highest BCUT2D eigenvalue weighted by molar-refractivity contribution is 5.81. The van der Waals surface area contributed by atoms with Crippen molar-refractivity contribution in [1.82, 2.24) is 5.32 Å². The molecule has 4 heteroatoms. The first kappa shape index (κ1) is 18.8. The first-order chi connectivity index (χ1) is 12.1. The Morgan fingerprint density at radius 1 is 0.960 bits per heavy atom. The smallest absolute Gasteiger partial charge is 0.261 e. The minimum absolute atomic E-state index is 0.0124. The van der Waals surface area contributed by atoms with Crippen LogP contribution >= 0.6 is 0 Å². The van der Waals surface area contributed by atoms with Crippen LogP contribution in [0.1, 0.15) is 43.9 Å². The highest BCUT2D eigenvalue weighted by atomic mass is 16.5. The second-order valence-corrected chi connectivity index (χ2v) is 6.07. The molecule has 4 nitrogen and oxygen atoms in total. The summed E-state index contributed by atoms with van der Waals surface area (Å²) >= 11 is 0. The van der Waals surface area contributed by atoms with E-state index >= 15 is 0 Å². The van der Waals surface area contributed by atoms with Crippen LogP contribution in [0.25, 0.3) is 0 Å². The van der Waals surface area contributed by atoms with Crippen molar-refractivity contribution in [3.05, 3.63) is 59.7 Å². The van der Waals surface area contributed by atoms with Gasteiger partial charge in [-0.3, -0.25) is 4.79 Å². The minimum Gasteiger partial charge on any atom is -0.497 e. The molecule has 0 aliphatic heterocycles. The molecule has 0 radical (unpaired) electrons. The van der Waals surface area contributed by atoms with E-state index in [0.717, 1.165) is 17.7 Å². The summed E-state index contributed by atoms with van der Waals surface area (Å²) in [6.07, 6.45) is 0.906. The number of nitrogens with one attached hydrogen (secondary N) is 1. The van der Waals surface area contributed by atoms with Gasteiger partial charge >= 0.3 is 0 Å². The molecule has 0 bridgehead atoms. The predicted molar refractivity (Wildman–Crippen MR) is 100 cm³/mol. The van der Waals surface area contributed by atoms with E-state index in [4.69, 9.17) is 9.47 Å². The van der Waals surface area contributed by atoms with Gasteiger partial charge in [0.2, 0.25) is 0 Å². The third kappa shape index (κ3) is 5.24. The van der Waals surface area contributed by atoms with Gasteiger partial charge in [-0.25, -0.2) is 0 Å². The number of aryl methyl sites for hydroxylation is 1. The highest BCUT2D eigenvalue weighted by Gasteiger charge is 2.22. The Bertz CT molecular complexity index is 665. The third-order valence-electron chi connectivity index (χ3n) is 4.21. The van der Waals surface area contributed by atoms with Crippen molar-refractivity contribution in [3.63, 3.8) is 0 Å². The topological polar surface area (TPSA) is 47.6 Å². The van der Waals surface area contributed by atoms with Crippen LogP contribution in [-0.4, -0.2) is 19.1 Å². The zero-order chi connectivity index (χ0) is 18.2. The zero-order valence-electron chi connectivity index (χ0n) is 15.4. The molecule has 0 heterocycles. The molecule has 0 fully saturated rings. The fraction of sp³-hybridized carbons (Fsp3) is 0.381. The number of amides is 1. The maximum absolute atomic E-state index is 12.7. The molecule has 0 aromatic heterocycles. The molecule has 0 spiro atoms. The van der Waals surface area contributed by atoms with Crippen LogP contribution in [0.4, 0.5) is 0 Å². The number of methoxy groups -OCH3 is 1. The summed E-state index contributed by atoms with van der Waals surface area (Å²) in [6.45, 7) is 6.07. The average molecular weight is 341 g/mol. The van der Waals surface area contributed by atoms with Crippen molar-refractivity contribution >= 4 is 5.91 Å². The van der Waals surface area contributed by atoms with Gasteiger partial charge in [-0.05, 0) is 49.6 Å². The van der Waals surface area contributed by atoms with Crippen LogP contribution in [0.15, 0.2) is 48.5 Å². The van der Waals surface area contributed by atoms with Crippen LogP contribution in [0.2, 0.25) is 0 Å². The summed E-state index contributed by atoms with van der Waals surface area (Å²) in [5.41, 5.74) is 2.32. The normalized spacial score (nSPS) is 13.0. The Balaban J connectivity index is 2.03. The molecule has 2 atom stereocenters. The lowest BCUT2D eigenvalue weighted by molar-refractivity contribution is -0.128. The SMILES string of the molecule is CCC(Oc1ccc(OC)cc1)C(=O)NC(CC)c1ccc(C)cc1. The Labute approximate surface area is 150 Å². The molecular weight excluding hydrogens is 314 g/mol. The summed E-state index contributed by atoms with van der Waals surface area (Å²) in [4.78, 5) is 12.7. The molecule has 2 unspecified atom stereocenters. The van der Waals surface area contributed by atoms with E-state index in [1.807, 2.05) is 31.2 Å². The fourth-order valence-electron chi connectivity index (χ4n) is 2.63. The van der Waals surface area contributed by atoms with E-state index in [1.54, 1.807) is 7.11 Å². The zero-order valence-corrected chi connectivity index (χ0v) is 15.4. The molecule has 1 N–H and O–H groups in total. The fourth-order valence-corrected chi connectivity index (χ4v) is 2.63. The summed E-state index contributed by atoms with van der Waals surface area (Å²) in [7, 11) is 1.62. The Morgan fingerprint density at radius 2 is 1.56 bits per heavy atom. The lowest BCUT2D eigenvalue weighted by Crippen LogP contribution is -2.39. The molecule has 2 aromatic carbocycles. The number of hydrogen-bond acceptors (Lipinski definition) is 3. The summed E-state index contributed by atoms with van der Waals surface area (Å²) in [5, 5.41) is 3.11. The van der Waals surface area contributed by atoms with E-state index in [9.17, 15) is 4.79 Å². The second kappa shape index (κ2) is 9.11. The van der Waals surface area contributed by atoms with Crippen LogP contribution < -0.4 is 14.8 Å². The molecule has 134 valence electrons. The van der Waals surface area contributed by atoms with E-state index in [0.29, 0.717) is 12.2 Å². The predicted octanol–water partition coefficient (Wildman–Crippen LogP) is 4.43. The quantitative estimate of drug-likeness (QED) is 0.773. The summed E-state index contributed by atoms with van der Waals surface area (Å²) in [5.74, 6) is 1.33. The largest absolute Gasteiger partial charge is 0.497 e. The second-order valence-electron chi connectivity index (χ2n) is 6.07. The molecule has 0 aliphatic rings. The van der Waals surface area contributed by atoms with Crippen molar-refractivity contribution < 1.29 is 14.3 Å². The lowest BCUT2D eigenvalue weighted by Gasteiger charge is -2.22. The molecule has 2 rings (SSSR count). The van der Waals surface area contributed by atoms with Crippen molar-refractivity contribution in [2.45, 2.75) is 45.8 Å². The van der Waals surface area contributed by atoms with E-state index < -0.39 is 6.10 Å². The maximum Gasteiger partial charge on any atom is 0.261 e. The number of hydrogen-bond donors (Lipinski definition) is 1. The molecule has 0 aliphatic carbocycles. The molecule has 25 heavy (non-hydrogen) atoms. The first-order valence-corrected chi connectivity index (χ1v) is 8.75. The van der Waals surface area contributed by atoms with Gasteiger partial charge in [0.25, 0.3) is 5.91 Å². The minimum atomic E-state index is -0.520. The lowest BCUT2D eigenvalue weighted by atomic mass is 10.0. The molecular formula is C21H27NO3. The van der Waals surface area contributed by atoms with E-state index in [1.165, 1.54) is 5.56 Å². The Morgan fingerprint density at radius 3 is 2.08 bits per heavy atom. The monoisotopic (exact) mass is 341 g/mol. The number of ether oxygens (including phenoxy) is 2. The van der Waals surface area contributed by atoms with Gasteiger partial charge in [-0.1, -0.05) is 43.7 Å². The number of rotatable bonds is 8. The van der Waals surface area contributed by atoms with Crippen LogP contribution in [0, 0.1) is 6.92 Å². The first-order valence-electron chi connectivity index (χ1n) is 8.75. The number of carbonyl (C=O) groups is 1. The van der Waals surface area contributed by atoms with Crippen LogP contribution in [0.3, 0.4) is 0 Å². The Kier molecular flexibility index (Phi) is 6.87. The van der Waals surface area contributed by atoms with Crippen molar-refractivity contribution in [3.8, 4) is 11.5 Å². The third-order valence-corrected chi connectivity index (χ3v) is 4.21. The van der Waals surface area contributed by atoms with Gasteiger partial charge < -0.3 is 14.8 Å². The van der Waals surface area contributed by atoms with E-state index in [-0.39, 0.29) is 11.9 Å². The van der Waals surface area contributed by atoms with Gasteiger partial charge in [-0.15, -0.1) is 0 Å². The average Bonchev–Trinajstić information content (AvgIpc) is 2.65. The van der Waals surface area contributed by atoms with Gasteiger partial charge in [0, 0.05) is 0 Å². The van der Waals surface area contributed by atoms with E-state index in [2.05, 4.69) is 43.4 Å². The van der Waals surface area contributed by atoms with Crippen molar-refractivity contribution in [1.29, 1.82) is 0 Å².